The number of hydrogen-bond acceptors (Lipinski definition) is 5. The van der Waals surface area contributed by atoms with Crippen LogP contribution >= 0.6 is 23.4 Å². The molecular weight excluding hydrogens is 322 g/mol. The van der Waals surface area contributed by atoms with E-state index in [0.717, 1.165) is 12.0 Å². The molecule has 1 aromatic carbocycles. The lowest BCUT2D eigenvalue weighted by Gasteiger charge is -2.05. The molecule has 0 aliphatic rings. The highest BCUT2D eigenvalue weighted by Gasteiger charge is 2.11. The first-order chi connectivity index (χ1) is 10.5. The van der Waals surface area contributed by atoms with Crippen LogP contribution in [0.25, 0.3) is 11.5 Å². The quantitative estimate of drug-likeness (QED) is 0.780. The molecule has 0 fully saturated rings. The minimum Gasteiger partial charge on any atom is -0.411 e. The lowest BCUT2D eigenvalue weighted by Crippen LogP contribution is -2.26. The lowest BCUT2D eigenvalue weighted by atomic mass is 10.1. The third-order valence-corrected chi connectivity index (χ3v) is 3.90. The molecule has 7 heteroatoms. The number of hydrogen-bond donors (Lipinski definition) is 1. The first-order valence-electron chi connectivity index (χ1n) is 7.03. The zero-order valence-corrected chi connectivity index (χ0v) is 14.1. The van der Waals surface area contributed by atoms with Crippen molar-refractivity contribution < 1.29 is 9.21 Å². The number of carbonyl (C=O) groups is 1. The van der Waals surface area contributed by atoms with E-state index >= 15 is 0 Å². The monoisotopic (exact) mass is 339 g/mol. The minimum absolute atomic E-state index is 0.0341. The fourth-order valence-electron chi connectivity index (χ4n) is 1.68. The van der Waals surface area contributed by atoms with Crippen LogP contribution in [-0.2, 0) is 4.79 Å². The molecule has 1 heterocycles. The number of carbonyl (C=O) groups excluding carboxylic acids is 1. The van der Waals surface area contributed by atoms with Gasteiger partial charge in [0, 0.05) is 17.1 Å². The first kappa shape index (κ1) is 16.8. The topological polar surface area (TPSA) is 68.0 Å². The van der Waals surface area contributed by atoms with Crippen molar-refractivity contribution >= 4 is 29.3 Å². The molecule has 0 aliphatic heterocycles. The average Bonchev–Trinajstić information content (AvgIpc) is 2.93. The number of benzene rings is 1. The van der Waals surface area contributed by atoms with E-state index < -0.39 is 0 Å². The van der Waals surface area contributed by atoms with Crippen LogP contribution in [0.4, 0.5) is 0 Å². The molecule has 0 saturated carbocycles. The third kappa shape index (κ3) is 5.35. The summed E-state index contributed by atoms with van der Waals surface area (Å²) in [4.78, 5) is 11.7. The maximum atomic E-state index is 11.7. The lowest BCUT2D eigenvalue weighted by molar-refractivity contribution is -0.118. The molecule has 0 saturated heterocycles. The van der Waals surface area contributed by atoms with Crippen LogP contribution in [0, 0.1) is 5.92 Å². The summed E-state index contributed by atoms with van der Waals surface area (Å²) in [5, 5.41) is 11.7. The standard InChI is InChI=1S/C15H18ClN3O2S/c1-10(2)6-7-17-13(20)9-22-15-19-18-14(21-15)11-4-3-5-12(16)8-11/h3-5,8,10H,6-7,9H2,1-2H3,(H,17,20). The van der Waals surface area contributed by atoms with Gasteiger partial charge in [0.1, 0.15) is 0 Å². The average molecular weight is 340 g/mol. The predicted molar refractivity (Wildman–Crippen MR) is 87.9 cm³/mol. The zero-order valence-electron chi connectivity index (χ0n) is 12.5. The molecule has 5 nitrogen and oxygen atoms in total. The molecule has 0 aliphatic carbocycles. The van der Waals surface area contributed by atoms with E-state index in [0.29, 0.717) is 28.6 Å². The summed E-state index contributed by atoms with van der Waals surface area (Å²) in [6.07, 6.45) is 0.968. The van der Waals surface area contributed by atoms with Gasteiger partial charge in [-0.1, -0.05) is 43.3 Å². The van der Waals surface area contributed by atoms with Crippen molar-refractivity contribution in [1.82, 2.24) is 15.5 Å². The van der Waals surface area contributed by atoms with Gasteiger partial charge in [-0.05, 0) is 30.5 Å². The largest absolute Gasteiger partial charge is 0.411 e. The van der Waals surface area contributed by atoms with E-state index in [1.165, 1.54) is 11.8 Å². The number of rotatable bonds is 7. The van der Waals surface area contributed by atoms with Crippen molar-refractivity contribution in [1.29, 1.82) is 0 Å². The smallest absolute Gasteiger partial charge is 0.277 e. The minimum atomic E-state index is -0.0341. The summed E-state index contributed by atoms with van der Waals surface area (Å²) in [6, 6.07) is 7.18. The van der Waals surface area contributed by atoms with Gasteiger partial charge in [0.2, 0.25) is 11.8 Å². The number of thioether (sulfide) groups is 1. The Bertz CT molecular complexity index is 631. The molecule has 1 amide bonds. The number of amides is 1. The molecule has 118 valence electrons. The summed E-state index contributed by atoms with van der Waals surface area (Å²) >= 11 is 7.15. The van der Waals surface area contributed by atoms with E-state index in [1.54, 1.807) is 12.1 Å². The summed E-state index contributed by atoms with van der Waals surface area (Å²) in [6.45, 7) is 4.93. The Hall–Kier alpha value is -1.53. The summed E-state index contributed by atoms with van der Waals surface area (Å²) in [5.41, 5.74) is 0.758. The predicted octanol–water partition coefficient (Wildman–Crippen LogP) is 3.64. The van der Waals surface area contributed by atoms with E-state index in [2.05, 4.69) is 29.4 Å². The second kappa shape index (κ2) is 8.19. The van der Waals surface area contributed by atoms with Crippen LogP contribution in [0.3, 0.4) is 0 Å². The van der Waals surface area contributed by atoms with Crippen LogP contribution < -0.4 is 5.32 Å². The SMILES string of the molecule is CC(C)CCNC(=O)CSc1nnc(-c2cccc(Cl)c2)o1. The van der Waals surface area contributed by atoms with Gasteiger partial charge in [-0.3, -0.25) is 4.79 Å². The maximum Gasteiger partial charge on any atom is 0.277 e. The molecule has 0 bridgehead atoms. The Kier molecular flexibility index (Phi) is 6.27. The van der Waals surface area contributed by atoms with Gasteiger partial charge >= 0.3 is 0 Å². The molecule has 2 aromatic rings. The Morgan fingerprint density at radius 2 is 2.23 bits per heavy atom. The van der Waals surface area contributed by atoms with Crippen molar-refractivity contribution in [3.63, 3.8) is 0 Å². The maximum absolute atomic E-state index is 11.7. The normalized spacial score (nSPS) is 10.9. The van der Waals surface area contributed by atoms with E-state index in [9.17, 15) is 4.79 Å². The number of nitrogens with one attached hydrogen (secondary N) is 1. The molecule has 0 spiro atoms. The van der Waals surface area contributed by atoms with Crippen LogP contribution in [-0.4, -0.2) is 28.4 Å². The molecular formula is C15H18ClN3O2S. The van der Waals surface area contributed by atoms with Crippen molar-refractivity contribution in [2.45, 2.75) is 25.5 Å². The summed E-state index contributed by atoms with van der Waals surface area (Å²) in [5.74, 6) is 1.19. The molecule has 1 N–H and O–H groups in total. The van der Waals surface area contributed by atoms with Crippen molar-refractivity contribution in [3.8, 4) is 11.5 Å². The fourth-order valence-corrected chi connectivity index (χ4v) is 2.47. The second-order valence-corrected chi connectivity index (χ2v) is 6.57. The van der Waals surface area contributed by atoms with Gasteiger partial charge in [-0.25, -0.2) is 0 Å². The van der Waals surface area contributed by atoms with Crippen LogP contribution in [0.15, 0.2) is 33.9 Å². The van der Waals surface area contributed by atoms with E-state index in [4.69, 9.17) is 16.0 Å². The highest BCUT2D eigenvalue weighted by atomic mass is 35.5. The third-order valence-electron chi connectivity index (χ3n) is 2.85. The Labute approximate surface area is 138 Å². The molecule has 22 heavy (non-hydrogen) atoms. The Balaban J connectivity index is 1.83. The van der Waals surface area contributed by atoms with Crippen LogP contribution in [0.1, 0.15) is 20.3 Å². The van der Waals surface area contributed by atoms with Gasteiger partial charge in [-0.15, -0.1) is 10.2 Å². The van der Waals surface area contributed by atoms with Gasteiger partial charge in [-0.2, -0.15) is 0 Å². The van der Waals surface area contributed by atoms with Crippen molar-refractivity contribution in [2.24, 2.45) is 5.92 Å². The van der Waals surface area contributed by atoms with Gasteiger partial charge in [0.05, 0.1) is 5.75 Å². The summed E-state index contributed by atoms with van der Waals surface area (Å²) in [7, 11) is 0. The Morgan fingerprint density at radius 3 is 2.95 bits per heavy atom. The highest BCUT2D eigenvalue weighted by molar-refractivity contribution is 7.99. The fraction of sp³-hybridized carbons (Fsp3) is 0.400. The zero-order chi connectivity index (χ0) is 15.9. The highest BCUT2D eigenvalue weighted by Crippen LogP contribution is 2.24. The van der Waals surface area contributed by atoms with E-state index in [1.807, 2.05) is 12.1 Å². The number of aromatic nitrogens is 2. The van der Waals surface area contributed by atoms with Gasteiger partial charge in [0.25, 0.3) is 5.22 Å². The van der Waals surface area contributed by atoms with Crippen LogP contribution in [0.2, 0.25) is 5.02 Å². The second-order valence-electron chi connectivity index (χ2n) is 5.20. The van der Waals surface area contributed by atoms with Crippen molar-refractivity contribution in [3.05, 3.63) is 29.3 Å². The first-order valence-corrected chi connectivity index (χ1v) is 8.40. The van der Waals surface area contributed by atoms with Gasteiger partial charge in [0.15, 0.2) is 0 Å². The number of halogens is 1. The Morgan fingerprint density at radius 1 is 1.41 bits per heavy atom. The number of nitrogens with zero attached hydrogens (tertiary/aromatic N) is 2. The molecule has 0 atom stereocenters. The van der Waals surface area contributed by atoms with Crippen LogP contribution in [0.5, 0.6) is 0 Å². The van der Waals surface area contributed by atoms with Gasteiger partial charge < -0.3 is 9.73 Å². The van der Waals surface area contributed by atoms with E-state index in [-0.39, 0.29) is 11.7 Å². The summed E-state index contributed by atoms with van der Waals surface area (Å²) < 4.78 is 5.52. The molecule has 1 aromatic heterocycles. The molecule has 2 rings (SSSR count). The molecule has 0 radical (unpaired) electrons. The van der Waals surface area contributed by atoms with Crippen molar-refractivity contribution in [2.75, 3.05) is 12.3 Å². The molecule has 0 unspecified atom stereocenters.